The molecule has 1 heteroatoms. The molecular formula is C42H26O. The van der Waals surface area contributed by atoms with Crippen molar-refractivity contribution < 1.29 is 22.2 Å². The molecule has 0 saturated carbocycles. The summed E-state index contributed by atoms with van der Waals surface area (Å²) in [5.74, 6) is 0. The Hall–Kier alpha value is -5.66. The molecule has 9 rings (SSSR count). The SMILES string of the molecule is [2H]c1c([2H])c([2H])c(-c2c3c([2H])c([2H])c([2H])c([2H])c3c(-c3cccc4c3oc3ccc(-c5cccc6ccccc56)cc34)c3c([2H])c([2H])c([2H])c([2H])c23)c([2H])c1[2H]. The van der Waals surface area contributed by atoms with Gasteiger partial charge in [-0.1, -0.05) is 145 Å². The van der Waals surface area contributed by atoms with E-state index in [0.29, 0.717) is 11.0 Å². The monoisotopic (exact) mass is 559 g/mol. The van der Waals surface area contributed by atoms with Crippen LogP contribution in [0.25, 0.3) is 87.6 Å². The third-order valence-electron chi connectivity index (χ3n) is 7.99. The van der Waals surface area contributed by atoms with Crippen molar-refractivity contribution in [2.75, 3.05) is 0 Å². The molecule has 0 aliphatic rings. The van der Waals surface area contributed by atoms with Gasteiger partial charge < -0.3 is 4.42 Å². The fourth-order valence-corrected chi connectivity index (χ4v) is 6.16. The predicted molar refractivity (Wildman–Crippen MR) is 183 cm³/mol. The van der Waals surface area contributed by atoms with Gasteiger partial charge >= 0.3 is 0 Å². The summed E-state index contributed by atoms with van der Waals surface area (Å²) >= 11 is 0. The first-order valence-corrected chi connectivity index (χ1v) is 13.7. The van der Waals surface area contributed by atoms with Crippen LogP contribution in [0.5, 0.6) is 0 Å². The second-order valence-electron chi connectivity index (χ2n) is 10.3. The molecule has 0 aliphatic carbocycles. The van der Waals surface area contributed by atoms with Crippen molar-refractivity contribution >= 4 is 54.3 Å². The molecule has 0 saturated heterocycles. The van der Waals surface area contributed by atoms with E-state index in [0.717, 1.165) is 27.3 Å². The maximum absolute atomic E-state index is 9.29. The lowest BCUT2D eigenvalue weighted by Crippen LogP contribution is -1.90. The van der Waals surface area contributed by atoms with Gasteiger partial charge in [0.1, 0.15) is 11.2 Å². The van der Waals surface area contributed by atoms with E-state index in [4.69, 9.17) is 16.8 Å². The molecule has 0 spiro atoms. The van der Waals surface area contributed by atoms with Crippen molar-refractivity contribution in [1.82, 2.24) is 0 Å². The number of fused-ring (bicyclic) bond motifs is 6. The first kappa shape index (κ1) is 14.5. The molecule has 0 fully saturated rings. The van der Waals surface area contributed by atoms with Gasteiger partial charge in [0, 0.05) is 21.9 Å². The Bertz CT molecular complexity index is 3130. The first-order valence-electron chi connectivity index (χ1n) is 20.2. The Balaban J connectivity index is 1.49. The zero-order valence-corrected chi connectivity index (χ0v) is 22.4. The molecule has 1 aromatic heterocycles. The van der Waals surface area contributed by atoms with E-state index in [1.165, 1.54) is 0 Å². The fourth-order valence-electron chi connectivity index (χ4n) is 6.16. The molecule has 200 valence electrons. The van der Waals surface area contributed by atoms with Crippen LogP contribution in [0.1, 0.15) is 17.8 Å². The van der Waals surface area contributed by atoms with Crippen LogP contribution in [0.15, 0.2) is 162 Å². The molecule has 0 amide bonds. The second kappa shape index (κ2) is 9.44. The standard InChI is InChI=1S/C42H26O/c1-2-13-28(14-3-1)40-32-17-6-8-19-34(32)41(35-20-9-7-18-33(35)40)37-23-11-22-36-38-26-29(24-25-39(38)43-42(36)37)31-21-10-15-27-12-4-5-16-30(27)31/h1-26H/i1D,2D,3D,6D,7D,8D,9D,13D,14D,17D,18D,19D,20D. The third kappa shape index (κ3) is 3.65. The first-order chi connectivity index (χ1) is 26.7. The quantitative estimate of drug-likeness (QED) is 0.196. The Morgan fingerprint density at radius 3 is 1.79 bits per heavy atom. The summed E-state index contributed by atoms with van der Waals surface area (Å²) in [5.41, 5.74) is 2.21. The lowest BCUT2D eigenvalue weighted by molar-refractivity contribution is 0.670. The Labute approximate surface area is 267 Å². The number of benzene rings is 8. The van der Waals surface area contributed by atoms with Crippen LogP contribution in [0.3, 0.4) is 0 Å². The van der Waals surface area contributed by atoms with Gasteiger partial charge in [0.05, 0.1) is 17.8 Å². The molecule has 0 unspecified atom stereocenters. The number of para-hydroxylation sites is 1. The molecule has 1 nitrogen and oxygen atoms in total. The third-order valence-corrected chi connectivity index (χ3v) is 7.99. The summed E-state index contributed by atoms with van der Waals surface area (Å²) in [7, 11) is 0. The molecule has 0 radical (unpaired) electrons. The molecule has 0 atom stereocenters. The fraction of sp³-hybridized carbons (Fsp3) is 0. The maximum atomic E-state index is 9.29. The number of hydrogen-bond donors (Lipinski definition) is 0. The zero-order valence-electron chi connectivity index (χ0n) is 35.4. The average Bonchev–Trinajstić information content (AvgIpc) is 3.59. The molecular weight excluding hydrogens is 520 g/mol. The van der Waals surface area contributed by atoms with Gasteiger partial charge in [0.2, 0.25) is 0 Å². The second-order valence-corrected chi connectivity index (χ2v) is 10.3. The molecule has 0 aliphatic heterocycles. The summed E-state index contributed by atoms with van der Waals surface area (Å²) < 4.78 is 121. The molecule has 1 heterocycles. The number of rotatable bonds is 3. The van der Waals surface area contributed by atoms with Gasteiger partial charge in [0.25, 0.3) is 0 Å². The van der Waals surface area contributed by atoms with Crippen LogP contribution in [0, 0.1) is 0 Å². The predicted octanol–water partition coefficient (Wildman–Crippen LogP) is 12.0. The van der Waals surface area contributed by atoms with Crippen molar-refractivity contribution in [3.8, 4) is 33.4 Å². The van der Waals surface area contributed by atoms with Crippen LogP contribution in [0.4, 0.5) is 0 Å². The van der Waals surface area contributed by atoms with Crippen molar-refractivity contribution in [1.29, 1.82) is 0 Å². The minimum atomic E-state index is -0.719. The van der Waals surface area contributed by atoms with Crippen LogP contribution in [-0.4, -0.2) is 0 Å². The van der Waals surface area contributed by atoms with Gasteiger partial charge in [-0.2, -0.15) is 0 Å². The molecule has 43 heavy (non-hydrogen) atoms. The minimum Gasteiger partial charge on any atom is -0.455 e. The van der Waals surface area contributed by atoms with Crippen molar-refractivity contribution in [2.24, 2.45) is 0 Å². The number of furan rings is 1. The Kier molecular flexibility index (Phi) is 3.18. The van der Waals surface area contributed by atoms with E-state index in [2.05, 4.69) is 0 Å². The largest absolute Gasteiger partial charge is 0.455 e. The van der Waals surface area contributed by atoms with Crippen LogP contribution < -0.4 is 0 Å². The lowest BCUT2D eigenvalue weighted by Gasteiger charge is -2.17. The highest BCUT2D eigenvalue weighted by Gasteiger charge is 2.20. The van der Waals surface area contributed by atoms with Gasteiger partial charge in [-0.05, 0) is 66.7 Å². The molecule has 9 aromatic rings. The summed E-state index contributed by atoms with van der Waals surface area (Å²) in [6, 6.07) is 16.6. The highest BCUT2D eigenvalue weighted by molar-refractivity contribution is 6.24. The van der Waals surface area contributed by atoms with E-state index < -0.39 is 84.1 Å². The lowest BCUT2D eigenvalue weighted by atomic mass is 9.85. The van der Waals surface area contributed by atoms with Crippen LogP contribution >= 0.6 is 0 Å². The van der Waals surface area contributed by atoms with Crippen molar-refractivity contribution in [3.63, 3.8) is 0 Å². The van der Waals surface area contributed by atoms with Crippen LogP contribution in [0.2, 0.25) is 0 Å². The summed E-state index contributed by atoms with van der Waals surface area (Å²) in [6.45, 7) is 0. The topological polar surface area (TPSA) is 13.1 Å². The van der Waals surface area contributed by atoms with E-state index in [9.17, 15) is 5.48 Å². The van der Waals surface area contributed by atoms with Crippen molar-refractivity contribution in [2.45, 2.75) is 0 Å². The minimum absolute atomic E-state index is 0.0176. The highest BCUT2D eigenvalue weighted by atomic mass is 16.3. The summed E-state index contributed by atoms with van der Waals surface area (Å²) in [6.07, 6.45) is 0. The molecule has 8 aromatic carbocycles. The van der Waals surface area contributed by atoms with E-state index in [1.54, 1.807) is 12.1 Å². The molecule has 0 bridgehead atoms. The summed E-state index contributed by atoms with van der Waals surface area (Å²) in [4.78, 5) is 0. The van der Waals surface area contributed by atoms with Gasteiger partial charge in [-0.25, -0.2) is 0 Å². The maximum Gasteiger partial charge on any atom is 0.143 e. The Morgan fingerprint density at radius 1 is 0.419 bits per heavy atom. The molecule has 0 N–H and O–H groups in total. The normalized spacial score (nSPS) is 16.0. The highest BCUT2D eigenvalue weighted by Crippen LogP contribution is 2.46. The van der Waals surface area contributed by atoms with Crippen molar-refractivity contribution in [3.05, 3.63) is 157 Å². The average molecular weight is 560 g/mol. The Morgan fingerprint density at radius 2 is 1.02 bits per heavy atom. The van der Waals surface area contributed by atoms with Crippen LogP contribution in [-0.2, 0) is 0 Å². The van der Waals surface area contributed by atoms with E-state index >= 15 is 0 Å². The van der Waals surface area contributed by atoms with E-state index in [-0.39, 0.29) is 43.8 Å². The van der Waals surface area contributed by atoms with Gasteiger partial charge in [-0.15, -0.1) is 0 Å². The smallest absolute Gasteiger partial charge is 0.143 e. The summed E-state index contributed by atoms with van der Waals surface area (Å²) in [5, 5.41) is 2.63. The number of hydrogen-bond acceptors (Lipinski definition) is 1. The van der Waals surface area contributed by atoms with Gasteiger partial charge in [0.15, 0.2) is 0 Å². The zero-order chi connectivity index (χ0) is 39.6. The van der Waals surface area contributed by atoms with E-state index in [1.807, 2.05) is 66.7 Å². The van der Waals surface area contributed by atoms with Gasteiger partial charge in [-0.3, -0.25) is 0 Å².